The number of nitro groups is 2. The molecular weight excluding hydrogens is 276 g/mol. The van der Waals surface area contributed by atoms with Gasteiger partial charge in [0.05, 0.1) is 9.85 Å². The van der Waals surface area contributed by atoms with Gasteiger partial charge < -0.3 is 14.8 Å². The molecule has 0 radical (unpaired) electrons. The molecule has 1 aromatic rings. The maximum absolute atomic E-state index is 10.7. The van der Waals surface area contributed by atoms with E-state index in [4.69, 9.17) is 0 Å². The van der Waals surface area contributed by atoms with Crippen molar-refractivity contribution in [2.75, 3.05) is 0 Å². The third-order valence-electron chi connectivity index (χ3n) is 1.83. The molecule has 98 valence electrons. The molecule has 0 bridgehead atoms. The summed E-state index contributed by atoms with van der Waals surface area (Å²) in [6.07, 6.45) is 0. The monoisotopic (exact) mass is 279 g/mol. The molecule has 12 heteroatoms. The van der Waals surface area contributed by atoms with E-state index in [9.17, 15) is 43.4 Å². The molecule has 0 aliphatic rings. The predicted octanol–water partition coefficient (Wildman–Crippen LogP) is -0.182. The van der Waals surface area contributed by atoms with E-state index in [1.54, 1.807) is 0 Å². The Morgan fingerprint density at radius 3 is 1.56 bits per heavy atom. The lowest BCUT2D eigenvalue weighted by Gasteiger charge is -2.10. The largest absolute Gasteiger partial charge is 0.744 e. The predicted molar refractivity (Wildman–Crippen MR) is 51.0 cm³/mol. The summed E-state index contributed by atoms with van der Waals surface area (Å²) in [6, 6.07) is 0.138. The average molecular weight is 279 g/mol. The van der Waals surface area contributed by atoms with Crippen LogP contribution in [0.25, 0.3) is 0 Å². The van der Waals surface area contributed by atoms with Crippen LogP contribution in [0.1, 0.15) is 0 Å². The Kier molecular flexibility index (Phi) is 3.08. The fourth-order valence-electron chi connectivity index (χ4n) is 1.13. The molecule has 0 amide bonds. The van der Waals surface area contributed by atoms with Crippen LogP contribution in [0.5, 0.6) is 11.5 Å². The number of nitro benzene ring substituents is 2. The summed E-state index contributed by atoms with van der Waals surface area (Å²) in [6.45, 7) is 0. The highest BCUT2D eigenvalue weighted by molar-refractivity contribution is 7.86. The molecule has 0 aliphatic carbocycles. The summed E-state index contributed by atoms with van der Waals surface area (Å²) in [5.41, 5.74) is -2.76. The molecule has 18 heavy (non-hydrogen) atoms. The van der Waals surface area contributed by atoms with Crippen molar-refractivity contribution in [1.29, 1.82) is 0 Å². The van der Waals surface area contributed by atoms with Crippen molar-refractivity contribution in [2.24, 2.45) is 0 Å². The van der Waals surface area contributed by atoms with Crippen LogP contribution >= 0.6 is 0 Å². The molecule has 0 aliphatic heterocycles. The first-order valence-corrected chi connectivity index (χ1v) is 5.31. The van der Waals surface area contributed by atoms with E-state index in [1.165, 1.54) is 0 Å². The third-order valence-corrected chi connectivity index (χ3v) is 2.72. The number of phenolic OH excluding ortho intramolecular Hbond substituents is 2. The molecule has 0 saturated heterocycles. The van der Waals surface area contributed by atoms with Crippen LogP contribution in [0.2, 0.25) is 0 Å². The lowest BCUT2D eigenvalue weighted by molar-refractivity contribution is -0.395. The topological polar surface area (TPSA) is 184 Å². The van der Waals surface area contributed by atoms with Gasteiger partial charge in [0, 0.05) is 0 Å². The normalized spacial score (nSPS) is 11.2. The summed E-state index contributed by atoms with van der Waals surface area (Å²) in [4.78, 5) is 16.4. The SMILES string of the molecule is O=[N+]([O-])c1cc([N+](=O)[O-])c(O)c(S(=O)(=O)[O-])c1O. The molecule has 0 unspecified atom stereocenters. The van der Waals surface area contributed by atoms with Crippen LogP contribution in [-0.4, -0.2) is 33.0 Å². The van der Waals surface area contributed by atoms with Gasteiger partial charge in [0.15, 0.2) is 4.90 Å². The van der Waals surface area contributed by atoms with E-state index >= 15 is 0 Å². The zero-order valence-corrected chi connectivity index (χ0v) is 8.95. The Morgan fingerprint density at radius 1 is 1.00 bits per heavy atom. The standard InChI is InChI=1S/C6H4N2O9S/c9-4-2(7(11)12)1-3(8(13)14)5(10)6(4)18(15,16)17/h1,9-10H,(H,15,16,17)/p-1. The van der Waals surface area contributed by atoms with Crippen molar-refractivity contribution in [2.45, 2.75) is 4.90 Å². The molecule has 0 fully saturated rings. The van der Waals surface area contributed by atoms with Crippen molar-refractivity contribution in [1.82, 2.24) is 0 Å². The summed E-state index contributed by atoms with van der Waals surface area (Å²) in [5, 5.41) is 39.2. The summed E-state index contributed by atoms with van der Waals surface area (Å²) in [7, 11) is -5.54. The van der Waals surface area contributed by atoms with Gasteiger partial charge in [-0.3, -0.25) is 20.2 Å². The van der Waals surface area contributed by atoms with Gasteiger partial charge in [-0.1, -0.05) is 0 Å². The highest BCUT2D eigenvalue weighted by atomic mass is 32.2. The zero-order valence-electron chi connectivity index (χ0n) is 8.13. The van der Waals surface area contributed by atoms with Crippen LogP contribution in [-0.2, 0) is 10.1 Å². The Labute approximate surface area is 98.0 Å². The number of nitrogens with zero attached hydrogens (tertiary/aromatic N) is 2. The first-order valence-electron chi connectivity index (χ1n) is 3.91. The van der Waals surface area contributed by atoms with Crippen LogP contribution in [0.15, 0.2) is 11.0 Å². The fraction of sp³-hybridized carbons (Fsp3) is 0. The van der Waals surface area contributed by atoms with Gasteiger partial charge in [-0.15, -0.1) is 0 Å². The second kappa shape index (κ2) is 4.08. The maximum Gasteiger partial charge on any atom is 0.319 e. The van der Waals surface area contributed by atoms with Crippen molar-refractivity contribution < 1.29 is 33.0 Å². The lowest BCUT2D eigenvalue weighted by atomic mass is 10.2. The average Bonchev–Trinajstić information content (AvgIpc) is 2.13. The van der Waals surface area contributed by atoms with Crippen molar-refractivity contribution in [3.05, 3.63) is 26.3 Å². The molecule has 0 heterocycles. The number of rotatable bonds is 3. The van der Waals surface area contributed by atoms with E-state index in [0.717, 1.165) is 0 Å². The first kappa shape index (κ1) is 13.6. The van der Waals surface area contributed by atoms with Gasteiger partial charge in [-0.2, -0.15) is 0 Å². The van der Waals surface area contributed by atoms with Crippen LogP contribution in [0.3, 0.4) is 0 Å². The molecule has 0 saturated carbocycles. The van der Waals surface area contributed by atoms with E-state index < -0.39 is 47.7 Å². The van der Waals surface area contributed by atoms with Crippen molar-refractivity contribution >= 4 is 21.5 Å². The van der Waals surface area contributed by atoms with Gasteiger partial charge in [0.2, 0.25) is 11.5 Å². The number of hydrogen-bond acceptors (Lipinski definition) is 9. The first-order chi connectivity index (χ1) is 8.07. The van der Waals surface area contributed by atoms with Crippen LogP contribution in [0.4, 0.5) is 11.4 Å². The number of aromatic hydroxyl groups is 2. The number of hydrogen-bond donors (Lipinski definition) is 2. The molecule has 1 rings (SSSR count). The van der Waals surface area contributed by atoms with Gasteiger partial charge in [-0.25, -0.2) is 8.42 Å². The molecule has 2 N–H and O–H groups in total. The zero-order chi connectivity index (χ0) is 14.2. The highest BCUT2D eigenvalue weighted by Crippen LogP contribution is 2.44. The van der Waals surface area contributed by atoms with Crippen LogP contribution in [0, 0.1) is 20.2 Å². The van der Waals surface area contributed by atoms with E-state index in [2.05, 4.69) is 0 Å². The fourth-order valence-corrected chi connectivity index (χ4v) is 1.81. The number of phenols is 2. The lowest BCUT2D eigenvalue weighted by Crippen LogP contribution is -2.04. The van der Waals surface area contributed by atoms with Crippen molar-refractivity contribution in [3.8, 4) is 11.5 Å². The Morgan fingerprint density at radius 2 is 1.33 bits per heavy atom. The summed E-state index contributed by atoms with van der Waals surface area (Å²) in [5.74, 6) is -3.31. The minimum Gasteiger partial charge on any atom is -0.744 e. The minimum absolute atomic E-state index is 0.138. The van der Waals surface area contributed by atoms with Crippen LogP contribution < -0.4 is 0 Å². The maximum atomic E-state index is 10.7. The molecule has 0 aromatic heterocycles. The van der Waals surface area contributed by atoms with E-state index in [-0.39, 0.29) is 6.07 Å². The quantitative estimate of drug-likeness (QED) is 0.430. The van der Waals surface area contributed by atoms with Gasteiger partial charge in [0.25, 0.3) is 0 Å². The second-order valence-corrected chi connectivity index (χ2v) is 4.23. The molecule has 1 aromatic carbocycles. The van der Waals surface area contributed by atoms with Crippen molar-refractivity contribution in [3.63, 3.8) is 0 Å². The third kappa shape index (κ3) is 2.14. The van der Waals surface area contributed by atoms with Gasteiger partial charge >= 0.3 is 11.4 Å². The Bertz CT molecular complexity index is 611. The summed E-state index contributed by atoms with van der Waals surface area (Å²) >= 11 is 0. The Hall–Kier alpha value is -2.47. The van der Waals surface area contributed by atoms with E-state index in [0.29, 0.717) is 0 Å². The Balaban J connectivity index is 3.91. The van der Waals surface area contributed by atoms with Gasteiger partial charge in [0.1, 0.15) is 16.2 Å². The molecule has 11 nitrogen and oxygen atoms in total. The molecule has 0 spiro atoms. The highest BCUT2D eigenvalue weighted by Gasteiger charge is 2.32. The smallest absolute Gasteiger partial charge is 0.319 e. The van der Waals surface area contributed by atoms with Gasteiger partial charge in [-0.05, 0) is 0 Å². The minimum atomic E-state index is -5.54. The second-order valence-electron chi connectivity index (χ2n) is 2.91. The number of benzene rings is 1. The summed E-state index contributed by atoms with van der Waals surface area (Å²) < 4.78 is 32.1. The van der Waals surface area contributed by atoms with E-state index in [1.807, 2.05) is 0 Å². The molecule has 0 atom stereocenters. The molecular formula is C6H3N2O9S-.